The summed E-state index contributed by atoms with van der Waals surface area (Å²) in [6.07, 6.45) is -0.661. The lowest BCUT2D eigenvalue weighted by Gasteiger charge is -2.50. The van der Waals surface area contributed by atoms with E-state index in [2.05, 4.69) is 0 Å². The zero-order valence-electron chi connectivity index (χ0n) is 14.4. The summed E-state index contributed by atoms with van der Waals surface area (Å²) in [7, 11) is 0. The number of esters is 1. The van der Waals surface area contributed by atoms with Crippen molar-refractivity contribution in [2.75, 3.05) is 5.75 Å². The highest BCUT2D eigenvalue weighted by Gasteiger charge is 2.56. The van der Waals surface area contributed by atoms with Crippen LogP contribution in [0.5, 0.6) is 0 Å². The minimum atomic E-state index is -1.22. The Hall–Kier alpha value is -2.64. The normalized spacial score (nSPS) is 24.4. The number of ether oxygens (including phenoxy) is 1. The first-order valence-corrected chi connectivity index (χ1v) is 9.65. The van der Waals surface area contributed by atoms with Crippen LogP contribution < -0.4 is 5.73 Å². The fourth-order valence-electron chi connectivity index (χ4n) is 3.38. The number of nitrogens with two attached hydrogens (primary N) is 1. The quantitative estimate of drug-likeness (QED) is 0.490. The van der Waals surface area contributed by atoms with Gasteiger partial charge >= 0.3 is 5.97 Å². The van der Waals surface area contributed by atoms with Gasteiger partial charge in [0.25, 0.3) is 0 Å². The monoisotopic (exact) mass is 382 g/mol. The van der Waals surface area contributed by atoms with E-state index in [1.54, 1.807) is 0 Å². The molecule has 0 aliphatic carbocycles. The molecule has 2 saturated heterocycles. The molecule has 6 nitrogen and oxygen atoms in total. The second kappa shape index (κ2) is 7.17. The van der Waals surface area contributed by atoms with Crippen LogP contribution in [-0.4, -0.2) is 45.8 Å². The lowest BCUT2D eigenvalue weighted by Crippen LogP contribution is -2.74. The molecule has 1 amide bonds. The van der Waals surface area contributed by atoms with Gasteiger partial charge in [-0.2, -0.15) is 0 Å². The van der Waals surface area contributed by atoms with E-state index in [4.69, 9.17) is 10.5 Å². The molecule has 2 aromatic rings. The molecular weight excluding hydrogens is 364 g/mol. The SMILES string of the molecule is NC1C(=O)N2C(C(=O)OC(c3ccccc3)c3ccccc3)C(=O)CS[C@@H]12. The maximum absolute atomic E-state index is 12.9. The Bertz CT molecular complexity index is 835. The number of hydrogen-bond acceptors (Lipinski definition) is 6. The highest BCUT2D eigenvalue weighted by atomic mass is 32.2. The summed E-state index contributed by atoms with van der Waals surface area (Å²) in [6, 6.07) is 16.7. The molecule has 2 N–H and O–H groups in total. The summed E-state index contributed by atoms with van der Waals surface area (Å²) < 4.78 is 5.76. The maximum Gasteiger partial charge on any atom is 0.337 e. The second-order valence-electron chi connectivity index (χ2n) is 6.48. The predicted molar refractivity (Wildman–Crippen MR) is 101 cm³/mol. The first-order chi connectivity index (χ1) is 13.1. The molecule has 4 rings (SSSR count). The number of carbonyl (C=O) groups excluding carboxylic acids is 3. The summed E-state index contributed by atoms with van der Waals surface area (Å²) in [5.41, 5.74) is 7.37. The number of Topliss-reactive ketones (excluding diaryl/α,β-unsaturated/α-hetero) is 1. The van der Waals surface area contributed by atoms with Crippen LogP contribution in [0.25, 0.3) is 0 Å². The van der Waals surface area contributed by atoms with E-state index in [0.717, 1.165) is 11.1 Å². The van der Waals surface area contributed by atoms with E-state index in [1.165, 1.54) is 16.7 Å². The third-order valence-corrected chi connectivity index (χ3v) is 6.08. The van der Waals surface area contributed by atoms with Gasteiger partial charge in [0.2, 0.25) is 5.91 Å². The van der Waals surface area contributed by atoms with Gasteiger partial charge in [-0.25, -0.2) is 4.79 Å². The summed E-state index contributed by atoms with van der Waals surface area (Å²) >= 11 is 1.29. The Labute approximate surface area is 160 Å². The van der Waals surface area contributed by atoms with Gasteiger partial charge in [0.05, 0.1) is 5.75 Å². The average molecular weight is 382 g/mol. The Morgan fingerprint density at radius 1 is 1.04 bits per heavy atom. The third kappa shape index (κ3) is 3.13. The van der Waals surface area contributed by atoms with Gasteiger partial charge in [-0.05, 0) is 11.1 Å². The first-order valence-electron chi connectivity index (χ1n) is 8.60. The zero-order chi connectivity index (χ0) is 19.0. The molecule has 0 bridgehead atoms. The molecule has 0 aromatic heterocycles. The van der Waals surface area contributed by atoms with Crippen molar-refractivity contribution < 1.29 is 19.1 Å². The number of ketones is 1. The third-order valence-electron chi connectivity index (χ3n) is 4.76. The Balaban J connectivity index is 1.62. The fourth-order valence-corrected chi connectivity index (χ4v) is 4.58. The van der Waals surface area contributed by atoms with Crippen LogP contribution in [0, 0.1) is 0 Å². The topological polar surface area (TPSA) is 89.7 Å². The van der Waals surface area contributed by atoms with Crippen LogP contribution in [0.15, 0.2) is 60.7 Å². The highest BCUT2D eigenvalue weighted by molar-refractivity contribution is 8.00. The van der Waals surface area contributed by atoms with Crippen molar-refractivity contribution >= 4 is 29.4 Å². The molecule has 2 aromatic carbocycles. The molecular formula is C20H18N2O4S. The number of fused-ring (bicyclic) bond motifs is 1. The molecule has 3 atom stereocenters. The Morgan fingerprint density at radius 3 is 2.15 bits per heavy atom. The van der Waals surface area contributed by atoms with Crippen molar-refractivity contribution in [2.45, 2.75) is 23.6 Å². The molecule has 2 aliphatic heterocycles. The van der Waals surface area contributed by atoms with Gasteiger partial charge in [0.1, 0.15) is 11.4 Å². The molecule has 2 aliphatic rings. The molecule has 0 saturated carbocycles. The summed E-state index contributed by atoms with van der Waals surface area (Å²) in [5.74, 6) is -1.30. The van der Waals surface area contributed by atoms with E-state index in [9.17, 15) is 14.4 Å². The number of β-lactam (4-membered cyclic amide) rings is 1. The van der Waals surface area contributed by atoms with E-state index in [0.29, 0.717) is 0 Å². The van der Waals surface area contributed by atoms with Crippen molar-refractivity contribution in [3.8, 4) is 0 Å². The maximum atomic E-state index is 12.9. The summed E-state index contributed by atoms with van der Waals surface area (Å²) in [5, 5.41) is -0.348. The standard InChI is InChI=1S/C20H18N2O4S/c21-15-18(24)22-16(14(23)11-27-19(15)22)20(25)26-17(12-7-3-1-4-8-12)13-9-5-2-6-10-13/h1-10,15-17,19H,11,21H2/t15?,16?,19-/m0/s1. The first kappa shape index (κ1) is 17.8. The fraction of sp³-hybridized carbons (Fsp3) is 0.250. The molecule has 138 valence electrons. The van der Waals surface area contributed by atoms with Gasteiger partial charge in [0.15, 0.2) is 17.9 Å². The minimum absolute atomic E-state index is 0.142. The largest absolute Gasteiger partial charge is 0.451 e. The Morgan fingerprint density at radius 2 is 1.59 bits per heavy atom. The van der Waals surface area contributed by atoms with Crippen LogP contribution in [0.3, 0.4) is 0 Å². The summed E-state index contributed by atoms with van der Waals surface area (Å²) in [4.78, 5) is 38.7. The minimum Gasteiger partial charge on any atom is -0.451 e. The van der Waals surface area contributed by atoms with Crippen molar-refractivity contribution in [1.82, 2.24) is 4.90 Å². The smallest absolute Gasteiger partial charge is 0.337 e. The van der Waals surface area contributed by atoms with E-state index in [-0.39, 0.29) is 16.9 Å². The van der Waals surface area contributed by atoms with Gasteiger partial charge < -0.3 is 15.4 Å². The second-order valence-corrected chi connectivity index (χ2v) is 7.58. The number of rotatable bonds is 4. The van der Waals surface area contributed by atoms with Gasteiger partial charge in [-0.3, -0.25) is 9.59 Å². The van der Waals surface area contributed by atoms with E-state index >= 15 is 0 Å². The summed E-state index contributed by atoms with van der Waals surface area (Å²) in [6.45, 7) is 0. The molecule has 7 heteroatoms. The van der Waals surface area contributed by atoms with Crippen LogP contribution in [0.4, 0.5) is 0 Å². The number of benzene rings is 2. The van der Waals surface area contributed by atoms with Crippen molar-refractivity contribution in [2.24, 2.45) is 5.73 Å². The molecule has 2 unspecified atom stereocenters. The van der Waals surface area contributed by atoms with Gasteiger partial charge in [-0.15, -0.1) is 11.8 Å². The number of hydrogen-bond donors (Lipinski definition) is 1. The molecule has 2 fully saturated rings. The van der Waals surface area contributed by atoms with Crippen LogP contribution in [0.1, 0.15) is 17.2 Å². The van der Waals surface area contributed by atoms with Crippen LogP contribution in [-0.2, 0) is 19.1 Å². The Kier molecular flexibility index (Phi) is 4.72. The highest BCUT2D eigenvalue weighted by Crippen LogP contribution is 2.37. The van der Waals surface area contributed by atoms with Crippen molar-refractivity contribution in [3.63, 3.8) is 0 Å². The number of amides is 1. The lowest BCUT2D eigenvalue weighted by atomic mass is 9.99. The zero-order valence-corrected chi connectivity index (χ0v) is 15.2. The van der Waals surface area contributed by atoms with Gasteiger partial charge in [-0.1, -0.05) is 60.7 Å². The van der Waals surface area contributed by atoms with Crippen molar-refractivity contribution in [3.05, 3.63) is 71.8 Å². The molecule has 0 spiro atoms. The van der Waals surface area contributed by atoms with Crippen molar-refractivity contribution in [1.29, 1.82) is 0 Å². The number of thioether (sulfide) groups is 1. The number of carbonyl (C=O) groups is 3. The van der Waals surface area contributed by atoms with Crippen LogP contribution >= 0.6 is 11.8 Å². The predicted octanol–water partition coefficient (Wildman–Crippen LogP) is 1.50. The average Bonchev–Trinajstić information content (AvgIpc) is 2.72. The van der Waals surface area contributed by atoms with E-state index < -0.39 is 30.1 Å². The van der Waals surface area contributed by atoms with Crippen LogP contribution in [0.2, 0.25) is 0 Å². The lowest BCUT2D eigenvalue weighted by molar-refractivity contribution is -0.168. The molecule has 2 heterocycles. The molecule has 0 radical (unpaired) electrons. The molecule has 27 heavy (non-hydrogen) atoms. The van der Waals surface area contributed by atoms with Gasteiger partial charge in [0, 0.05) is 0 Å². The van der Waals surface area contributed by atoms with E-state index in [1.807, 2.05) is 60.7 Å². The number of nitrogens with zero attached hydrogens (tertiary/aromatic N) is 1.